The van der Waals surface area contributed by atoms with Crippen LogP contribution in [0.2, 0.25) is 5.02 Å². The highest BCUT2D eigenvalue weighted by Crippen LogP contribution is 2.28. The van der Waals surface area contributed by atoms with Crippen molar-refractivity contribution >= 4 is 46.5 Å². The van der Waals surface area contributed by atoms with Gasteiger partial charge in [0.2, 0.25) is 5.88 Å². The molecule has 0 fully saturated rings. The second-order valence-corrected chi connectivity index (χ2v) is 8.60. The summed E-state index contributed by atoms with van der Waals surface area (Å²) in [4.78, 5) is 21.8. The third-order valence-corrected chi connectivity index (χ3v) is 5.78. The van der Waals surface area contributed by atoms with E-state index in [1.165, 1.54) is 18.2 Å². The van der Waals surface area contributed by atoms with Gasteiger partial charge in [-0.25, -0.2) is 9.37 Å². The summed E-state index contributed by atoms with van der Waals surface area (Å²) >= 11 is 5.97. The van der Waals surface area contributed by atoms with Gasteiger partial charge in [0.1, 0.15) is 11.6 Å². The van der Waals surface area contributed by atoms with Crippen LogP contribution in [0.15, 0.2) is 103 Å². The quantitative estimate of drug-likeness (QED) is 0.164. The number of nitrogens with zero attached hydrogens (tertiary/aromatic N) is 2. The van der Waals surface area contributed by atoms with E-state index in [0.717, 1.165) is 22.0 Å². The molecule has 4 aromatic carbocycles. The summed E-state index contributed by atoms with van der Waals surface area (Å²) in [6, 6.07) is 27.8. The highest BCUT2D eigenvalue weighted by atomic mass is 35.5. The second-order valence-electron chi connectivity index (χ2n) is 8.16. The van der Waals surface area contributed by atoms with Crippen LogP contribution < -0.4 is 4.74 Å². The molecule has 1 aromatic heterocycles. The Balaban J connectivity index is 1.35. The fourth-order valence-electron chi connectivity index (χ4n) is 3.60. The van der Waals surface area contributed by atoms with E-state index in [9.17, 15) is 9.18 Å². The molecule has 0 atom stereocenters. The van der Waals surface area contributed by atoms with Gasteiger partial charge in [-0.1, -0.05) is 60.2 Å². The van der Waals surface area contributed by atoms with Crippen molar-refractivity contribution in [2.45, 2.75) is 0 Å². The van der Waals surface area contributed by atoms with E-state index in [4.69, 9.17) is 16.3 Å². The average Bonchev–Trinajstić information content (AvgIpc) is 2.93. The molecule has 0 amide bonds. The Morgan fingerprint density at radius 3 is 2.19 bits per heavy atom. The van der Waals surface area contributed by atoms with Crippen LogP contribution in [0.25, 0.3) is 29.1 Å². The Labute approximate surface area is 218 Å². The SMILES string of the molecule is O=C(/C=C/c1ccc(F)cc1)c1ccc(Oc2nc(/C=C/c3ccc(Cl)cc3)nc3ccccc23)cc1. The molecule has 0 saturated carbocycles. The van der Waals surface area contributed by atoms with Crippen LogP contribution in [0.4, 0.5) is 4.39 Å². The number of ketones is 1. The third kappa shape index (κ3) is 6.15. The van der Waals surface area contributed by atoms with Gasteiger partial charge in [0.25, 0.3) is 0 Å². The summed E-state index contributed by atoms with van der Waals surface area (Å²) < 4.78 is 19.2. The first-order chi connectivity index (χ1) is 18.0. The molecule has 0 aliphatic heterocycles. The maximum atomic E-state index is 13.1. The van der Waals surface area contributed by atoms with Crippen molar-refractivity contribution in [3.05, 3.63) is 136 Å². The zero-order chi connectivity index (χ0) is 25.6. The lowest BCUT2D eigenvalue weighted by Gasteiger charge is -2.09. The highest BCUT2D eigenvalue weighted by molar-refractivity contribution is 6.30. The van der Waals surface area contributed by atoms with Crippen LogP contribution in [0.1, 0.15) is 27.3 Å². The summed E-state index contributed by atoms with van der Waals surface area (Å²) in [6.07, 6.45) is 6.83. The number of aromatic nitrogens is 2. The highest BCUT2D eigenvalue weighted by Gasteiger charge is 2.10. The Bertz CT molecular complexity index is 1610. The smallest absolute Gasteiger partial charge is 0.230 e. The number of fused-ring (bicyclic) bond motifs is 1. The predicted molar refractivity (Wildman–Crippen MR) is 146 cm³/mol. The third-order valence-electron chi connectivity index (χ3n) is 5.53. The van der Waals surface area contributed by atoms with Crippen molar-refractivity contribution in [2.24, 2.45) is 0 Å². The molecule has 6 heteroatoms. The molecule has 0 spiro atoms. The molecule has 0 saturated heterocycles. The lowest BCUT2D eigenvalue weighted by atomic mass is 10.1. The Morgan fingerprint density at radius 1 is 0.757 bits per heavy atom. The van der Waals surface area contributed by atoms with Gasteiger partial charge in [0.05, 0.1) is 10.9 Å². The number of allylic oxidation sites excluding steroid dienone is 1. The lowest BCUT2D eigenvalue weighted by Crippen LogP contribution is -1.97. The molecule has 4 nitrogen and oxygen atoms in total. The first-order valence-corrected chi connectivity index (χ1v) is 11.9. The maximum Gasteiger partial charge on any atom is 0.230 e. The fourth-order valence-corrected chi connectivity index (χ4v) is 3.73. The van der Waals surface area contributed by atoms with Crippen molar-refractivity contribution in [1.82, 2.24) is 9.97 Å². The number of rotatable bonds is 7. The molecule has 180 valence electrons. The number of halogens is 2. The predicted octanol–water partition coefficient (Wildman–Crippen LogP) is 8.28. The number of hydrogen-bond acceptors (Lipinski definition) is 4. The van der Waals surface area contributed by atoms with E-state index in [-0.39, 0.29) is 11.6 Å². The number of ether oxygens (including phenoxy) is 1. The van der Waals surface area contributed by atoms with Gasteiger partial charge in [-0.2, -0.15) is 4.98 Å². The van der Waals surface area contributed by atoms with Crippen LogP contribution in [-0.4, -0.2) is 15.8 Å². The molecular weight excluding hydrogens is 487 g/mol. The van der Waals surface area contributed by atoms with E-state index < -0.39 is 0 Å². The van der Waals surface area contributed by atoms with Gasteiger partial charge in [-0.15, -0.1) is 0 Å². The van der Waals surface area contributed by atoms with Crippen molar-refractivity contribution in [2.75, 3.05) is 0 Å². The number of hydrogen-bond donors (Lipinski definition) is 0. The molecule has 37 heavy (non-hydrogen) atoms. The van der Waals surface area contributed by atoms with Crippen LogP contribution in [-0.2, 0) is 0 Å². The minimum Gasteiger partial charge on any atom is -0.438 e. The van der Waals surface area contributed by atoms with E-state index >= 15 is 0 Å². The van der Waals surface area contributed by atoms with E-state index in [2.05, 4.69) is 9.97 Å². The zero-order valence-electron chi connectivity index (χ0n) is 19.5. The fraction of sp³-hybridized carbons (Fsp3) is 0. The van der Waals surface area contributed by atoms with Gasteiger partial charge in [-0.05, 0) is 83.9 Å². The summed E-state index contributed by atoms with van der Waals surface area (Å²) in [5, 5.41) is 1.44. The summed E-state index contributed by atoms with van der Waals surface area (Å²) in [7, 11) is 0. The van der Waals surface area contributed by atoms with E-state index in [1.807, 2.05) is 60.7 Å². The molecule has 0 radical (unpaired) electrons. The van der Waals surface area contributed by atoms with Crippen molar-refractivity contribution in [3.63, 3.8) is 0 Å². The molecule has 0 unspecified atom stereocenters. The largest absolute Gasteiger partial charge is 0.438 e. The van der Waals surface area contributed by atoms with Gasteiger partial charge in [-0.3, -0.25) is 4.79 Å². The Morgan fingerprint density at radius 2 is 1.43 bits per heavy atom. The van der Waals surface area contributed by atoms with Crippen LogP contribution >= 0.6 is 11.6 Å². The molecule has 0 N–H and O–H groups in total. The van der Waals surface area contributed by atoms with Crippen molar-refractivity contribution in [1.29, 1.82) is 0 Å². The van der Waals surface area contributed by atoms with Gasteiger partial charge in [0, 0.05) is 10.6 Å². The minimum absolute atomic E-state index is 0.169. The summed E-state index contributed by atoms with van der Waals surface area (Å²) in [6.45, 7) is 0. The molecule has 5 aromatic rings. The van der Waals surface area contributed by atoms with Crippen LogP contribution in [0.5, 0.6) is 11.6 Å². The zero-order valence-corrected chi connectivity index (χ0v) is 20.3. The van der Waals surface area contributed by atoms with Gasteiger partial charge in [0.15, 0.2) is 11.6 Å². The van der Waals surface area contributed by atoms with Crippen molar-refractivity contribution < 1.29 is 13.9 Å². The maximum absolute atomic E-state index is 13.1. The standard InChI is InChI=1S/C31H20ClFN2O2/c32-24-13-5-21(6-14-24)10-20-30-34-28-4-2-1-3-27(28)31(35-30)37-26-17-11-23(12-18-26)29(36)19-9-22-7-15-25(33)16-8-22/h1-20H/b19-9+,20-10+. The van der Waals surface area contributed by atoms with E-state index in [1.54, 1.807) is 42.5 Å². The Kier molecular flexibility index (Phi) is 7.15. The molecule has 1 heterocycles. The Hall–Kier alpha value is -4.61. The normalized spacial score (nSPS) is 11.4. The number of carbonyl (C=O) groups is 1. The molecular formula is C31H20ClFN2O2. The minimum atomic E-state index is -0.319. The number of carbonyl (C=O) groups excluding carboxylic acids is 1. The van der Waals surface area contributed by atoms with Crippen LogP contribution in [0.3, 0.4) is 0 Å². The molecule has 5 rings (SSSR count). The monoisotopic (exact) mass is 506 g/mol. The first kappa shape index (κ1) is 24.1. The molecule has 0 aliphatic carbocycles. The number of benzene rings is 4. The molecule has 0 aliphatic rings. The second kappa shape index (κ2) is 11.0. The number of para-hydroxylation sites is 1. The lowest BCUT2D eigenvalue weighted by molar-refractivity contribution is 0.104. The summed E-state index contributed by atoms with van der Waals surface area (Å²) in [5.74, 6) is 0.965. The van der Waals surface area contributed by atoms with Crippen molar-refractivity contribution in [3.8, 4) is 11.6 Å². The molecule has 0 bridgehead atoms. The average molecular weight is 507 g/mol. The summed E-state index contributed by atoms with van der Waals surface area (Å²) in [5.41, 5.74) is 2.97. The van der Waals surface area contributed by atoms with Crippen LogP contribution in [0, 0.1) is 5.82 Å². The van der Waals surface area contributed by atoms with E-state index in [0.29, 0.717) is 28.0 Å². The topological polar surface area (TPSA) is 52.1 Å². The first-order valence-electron chi connectivity index (χ1n) is 11.5. The van der Waals surface area contributed by atoms with Gasteiger partial charge < -0.3 is 4.74 Å². The van der Waals surface area contributed by atoms with Gasteiger partial charge >= 0.3 is 0 Å².